The largest absolute Gasteiger partial charge is 0.325 e. The van der Waals surface area contributed by atoms with Crippen molar-refractivity contribution in [1.29, 1.82) is 0 Å². The molecule has 0 aromatic carbocycles. The Hall–Kier alpha value is -1.09. The van der Waals surface area contributed by atoms with Gasteiger partial charge in [0.25, 0.3) is 0 Å². The summed E-state index contributed by atoms with van der Waals surface area (Å²) in [7, 11) is 0. The first-order valence-corrected chi connectivity index (χ1v) is 3.88. The van der Waals surface area contributed by atoms with E-state index >= 15 is 0 Å². The number of pyridine rings is 1. The quantitative estimate of drug-likeness (QED) is 0.679. The molecular formula is C8H9ClN2O. The predicted molar refractivity (Wildman–Crippen MR) is 48.3 cm³/mol. The van der Waals surface area contributed by atoms with Crippen LogP contribution in [0.15, 0.2) is 12.1 Å². The van der Waals surface area contributed by atoms with Crippen molar-refractivity contribution < 1.29 is 4.79 Å². The van der Waals surface area contributed by atoms with Gasteiger partial charge in [-0.3, -0.25) is 4.79 Å². The van der Waals surface area contributed by atoms with Gasteiger partial charge in [0.1, 0.15) is 5.15 Å². The summed E-state index contributed by atoms with van der Waals surface area (Å²) < 4.78 is 0. The van der Waals surface area contributed by atoms with Crippen LogP contribution < -0.4 is 5.32 Å². The highest BCUT2D eigenvalue weighted by Crippen LogP contribution is 2.15. The molecule has 0 spiro atoms. The summed E-state index contributed by atoms with van der Waals surface area (Å²) in [6, 6.07) is 3.37. The second kappa shape index (κ2) is 3.54. The molecule has 0 aliphatic heterocycles. The molecule has 1 aromatic heterocycles. The van der Waals surface area contributed by atoms with Crippen molar-refractivity contribution in [2.45, 2.75) is 13.8 Å². The highest BCUT2D eigenvalue weighted by atomic mass is 35.5. The summed E-state index contributed by atoms with van der Waals surface area (Å²) in [5.74, 6) is -0.109. The zero-order valence-corrected chi connectivity index (χ0v) is 7.64. The van der Waals surface area contributed by atoms with E-state index in [0.717, 1.165) is 5.69 Å². The van der Waals surface area contributed by atoms with E-state index in [4.69, 9.17) is 11.6 Å². The molecule has 0 saturated heterocycles. The van der Waals surface area contributed by atoms with Gasteiger partial charge in [0, 0.05) is 6.92 Å². The third-order valence-corrected chi connectivity index (χ3v) is 1.57. The first kappa shape index (κ1) is 9.00. The molecular weight excluding hydrogens is 176 g/mol. The Kier molecular flexibility index (Phi) is 2.65. The molecule has 3 nitrogen and oxygen atoms in total. The van der Waals surface area contributed by atoms with Crippen molar-refractivity contribution in [1.82, 2.24) is 4.98 Å². The number of nitrogens with one attached hydrogen (secondary N) is 1. The Bertz CT molecular complexity index is 312. The fourth-order valence-corrected chi connectivity index (χ4v) is 1.04. The van der Waals surface area contributed by atoms with E-state index in [9.17, 15) is 4.79 Å². The number of hydrogen-bond acceptors (Lipinski definition) is 2. The molecule has 0 unspecified atom stereocenters. The summed E-state index contributed by atoms with van der Waals surface area (Å²) in [5.41, 5.74) is 1.42. The van der Waals surface area contributed by atoms with Gasteiger partial charge in [0.2, 0.25) is 5.91 Å². The molecule has 1 N–H and O–H groups in total. The summed E-state index contributed by atoms with van der Waals surface area (Å²) >= 11 is 5.63. The lowest BCUT2D eigenvalue weighted by Crippen LogP contribution is -2.07. The molecule has 0 fully saturated rings. The molecule has 0 aliphatic rings. The Morgan fingerprint density at radius 2 is 2.25 bits per heavy atom. The molecule has 12 heavy (non-hydrogen) atoms. The fourth-order valence-electron chi connectivity index (χ4n) is 0.852. The van der Waals surface area contributed by atoms with Crippen LogP contribution in [0.25, 0.3) is 0 Å². The van der Waals surface area contributed by atoms with E-state index in [1.807, 2.05) is 0 Å². The minimum Gasteiger partial charge on any atom is -0.325 e. The number of aromatic nitrogens is 1. The molecule has 1 heterocycles. The highest BCUT2D eigenvalue weighted by Gasteiger charge is 2.00. The minimum atomic E-state index is -0.109. The molecule has 0 radical (unpaired) electrons. The van der Waals surface area contributed by atoms with Crippen LogP contribution in [0.3, 0.4) is 0 Å². The Labute approximate surface area is 75.8 Å². The summed E-state index contributed by atoms with van der Waals surface area (Å²) in [5, 5.41) is 3.07. The maximum Gasteiger partial charge on any atom is 0.221 e. The lowest BCUT2D eigenvalue weighted by atomic mass is 10.3. The highest BCUT2D eigenvalue weighted by molar-refractivity contribution is 6.29. The Balaban J connectivity index is 2.93. The van der Waals surface area contributed by atoms with Crippen LogP contribution >= 0.6 is 11.6 Å². The Morgan fingerprint density at radius 3 is 2.75 bits per heavy atom. The van der Waals surface area contributed by atoms with E-state index in [1.54, 1.807) is 19.1 Å². The standard InChI is InChI=1S/C8H9ClN2O/c1-5-7(11-6(2)12)3-4-8(9)10-5/h3-4H,1-2H3,(H,11,12). The van der Waals surface area contributed by atoms with E-state index < -0.39 is 0 Å². The molecule has 1 rings (SSSR count). The van der Waals surface area contributed by atoms with Crippen LogP contribution in [0.4, 0.5) is 5.69 Å². The van der Waals surface area contributed by atoms with Crippen LogP contribution in [0, 0.1) is 6.92 Å². The molecule has 64 valence electrons. The first-order chi connectivity index (χ1) is 5.59. The average molecular weight is 185 g/mol. The predicted octanol–water partition coefficient (Wildman–Crippen LogP) is 2.00. The molecule has 4 heteroatoms. The smallest absolute Gasteiger partial charge is 0.221 e. The summed E-state index contributed by atoms with van der Waals surface area (Å²) in [6.07, 6.45) is 0. The number of aryl methyl sites for hydroxylation is 1. The molecule has 0 bridgehead atoms. The van der Waals surface area contributed by atoms with Gasteiger partial charge in [-0.05, 0) is 19.1 Å². The van der Waals surface area contributed by atoms with Crippen LogP contribution in [-0.4, -0.2) is 10.9 Å². The van der Waals surface area contributed by atoms with Crippen molar-refractivity contribution in [2.75, 3.05) is 5.32 Å². The molecule has 1 aromatic rings. The third-order valence-electron chi connectivity index (χ3n) is 1.36. The number of halogens is 1. The van der Waals surface area contributed by atoms with Gasteiger partial charge >= 0.3 is 0 Å². The van der Waals surface area contributed by atoms with Crippen molar-refractivity contribution in [3.05, 3.63) is 23.0 Å². The zero-order chi connectivity index (χ0) is 9.14. The second-order valence-corrected chi connectivity index (χ2v) is 2.84. The van der Waals surface area contributed by atoms with Gasteiger partial charge in [-0.2, -0.15) is 0 Å². The molecule has 1 amide bonds. The topological polar surface area (TPSA) is 42.0 Å². The minimum absolute atomic E-state index is 0.109. The number of carbonyl (C=O) groups excluding carboxylic acids is 1. The average Bonchev–Trinajstić information content (AvgIpc) is 1.94. The van der Waals surface area contributed by atoms with E-state index in [1.165, 1.54) is 6.92 Å². The normalized spacial score (nSPS) is 9.58. The Morgan fingerprint density at radius 1 is 1.58 bits per heavy atom. The number of hydrogen-bond donors (Lipinski definition) is 1. The van der Waals surface area contributed by atoms with E-state index in [0.29, 0.717) is 10.8 Å². The van der Waals surface area contributed by atoms with Crippen LogP contribution in [0.2, 0.25) is 5.15 Å². The zero-order valence-electron chi connectivity index (χ0n) is 6.89. The number of nitrogens with zero attached hydrogens (tertiary/aromatic N) is 1. The maximum absolute atomic E-state index is 10.7. The molecule has 0 saturated carbocycles. The van der Waals surface area contributed by atoms with Gasteiger partial charge in [-0.15, -0.1) is 0 Å². The third kappa shape index (κ3) is 2.20. The van der Waals surface area contributed by atoms with Crippen LogP contribution in [-0.2, 0) is 4.79 Å². The van der Waals surface area contributed by atoms with Gasteiger partial charge in [0.15, 0.2) is 0 Å². The number of amides is 1. The van der Waals surface area contributed by atoms with Gasteiger partial charge < -0.3 is 5.32 Å². The van der Waals surface area contributed by atoms with Crippen LogP contribution in [0.1, 0.15) is 12.6 Å². The lowest BCUT2D eigenvalue weighted by molar-refractivity contribution is -0.114. The van der Waals surface area contributed by atoms with Crippen molar-refractivity contribution >= 4 is 23.2 Å². The summed E-state index contributed by atoms with van der Waals surface area (Å²) in [6.45, 7) is 3.24. The molecule has 0 atom stereocenters. The van der Waals surface area contributed by atoms with Gasteiger partial charge in [0.05, 0.1) is 11.4 Å². The van der Waals surface area contributed by atoms with Crippen molar-refractivity contribution in [3.8, 4) is 0 Å². The monoisotopic (exact) mass is 184 g/mol. The number of anilines is 1. The first-order valence-electron chi connectivity index (χ1n) is 3.50. The lowest BCUT2D eigenvalue weighted by Gasteiger charge is -2.04. The summed E-state index contributed by atoms with van der Waals surface area (Å²) in [4.78, 5) is 14.7. The second-order valence-electron chi connectivity index (χ2n) is 2.45. The van der Waals surface area contributed by atoms with Crippen molar-refractivity contribution in [3.63, 3.8) is 0 Å². The van der Waals surface area contributed by atoms with E-state index in [-0.39, 0.29) is 5.91 Å². The van der Waals surface area contributed by atoms with Gasteiger partial charge in [-0.1, -0.05) is 11.6 Å². The van der Waals surface area contributed by atoms with Gasteiger partial charge in [-0.25, -0.2) is 4.98 Å². The van der Waals surface area contributed by atoms with Crippen molar-refractivity contribution in [2.24, 2.45) is 0 Å². The van der Waals surface area contributed by atoms with Crippen LogP contribution in [0.5, 0.6) is 0 Å². The number of carbonyl (C=O) groups is 1. The SMILES string of the molecule is CC(=O)Nc1ccc(Cl)nc1C. The van der Waals surface area contributed by atoms with E-state index in [2.05, 4.69) is 10.3 Å². The fraction of sp³-hybridized carbons (Fsp3) is 0.250. The number of rotatable bonds is 1. The molecule has 0 aliphatic carbocycles. The maximum atomic E-state index is 10.7.